The lowest BCUT2D eigenvalue weighted by atomic mass is 9.97. The lowest BCUT2D eigenvalue weighted by Gasteiger charge is -2.44. The Balaban J connectivity index is 1.12. The van der Waals surface area contributed by atoms with E-state index >= 15 is 0 Å². The van der Waals surface area contributed by atoms with Gasteiger partial charge in [-0.25, -0.2) is 14.2 Å². The number of hydrogen-bond donors (Lipinski definition) is 2. The average Bonchev–Trinajstić information content (AvgIpc) is 4.15. The summed E-state index contributed by atoms with van der Waals surface area (Å²) in [7, 11) is 1.19. The first-order chi connectivity index (χ1) is 38.9. The molecule has 2 aliphatic rings. The second-order valence-corrected chi connectivity index (χ2v) is 18.1. The molecular weight excluding hydrogens is 1100 g/mol. The van der Waals surface area contributed by atoms with Crippen LogP contribution >= 0.6 is 0 Å². The standard InChI is InChI=1S/C50H64N8O24/c1-25(59)73-23-38-42(75-27(3)61)44(77-29(5)63)46(79-31(7)65)48(81-38)57-21-34(53-55-57)10-12-40(67)51-14-16-71-36-18-33(50(69)70-9)19-37(20-36)72-17-15-52-41(68)13-11-35-22-58(56-54-35)49-47(80-32(8)66)45(78-30(6)64)43(76-28(4)62)39(82-49)24-74-26(2)60/h18-22,38-39,42-49H,10-17,23-24H2,1-9H3,(H,51,67)(H,52,68)/t38-,39-,42-,43-,44+,45+,46-,47-,48-,49-/m1/s1. The number of ether oxygens (including phenoxy) is 13. The highest BCUT2D eigenvalue weighted by Crippen LogP contribution is 2.36. The van der Waals surface area contributed by atoms with Crippen LogP contribution in [0.25, 0.3) is 0 Å². The highest BCUT2D eigenvalue weighted by atomic mass is 16.7. The number of nitrogens with one attached hydrogen (secondary N) is 2. The first kappa shape index (κ1) is 64.0. The predicted octanol–water partition coefficient (Wildman–Crippen LogP) is -0.577. The summed E-state index contributed by atoms with van der Waals surface area (Å²) in [6, 6.07) is 4.30. The number of carbonyl (C=O) groups excluding carboxylic acids is 11. The molecule has 32 heteroatoms. The van der Waals surface area contributed by atoms with Gasteiger partial charge in [-0.05, 0) is 12.1 Å². The van der Waals surface area contributed by atoms with E-state index < -0.39 is 140 Å². The molecule has 2 amide bonds. The summed E-state index contributed by atoms with van der Waals surface area (Å²) in [6.07, 6.45) is -10.8. The summed E-state index contributed by atoms with van der Waals surface area (Å²) in [4.78, 5) is 135. The molecule has 32 nitrogen and oxygen atoms in total. The molecule has 3 aromatic rings. The molecule has 448 valence electrons. The largest absolute Gasteiger partial charge is 0.492 e. The maximum atomic E-state index is 12.9. The van der Waals surface area contributed by atoms with Crippen molar-refractivity contribution in [3.05, 3.63) is 47.5 Å². The van der Waals surface area contributed by atoms with E-state index in [2.05, 4.69) is 31.3 Å². The van der Waals surface area contributed by atoms with Crippen molar-refractivity contribution in [1.29, 1.82) is 0 Å². The molecule has 1 aromatic carbocycles. The fourth-order valence-corrected chi connectivity index (χ4v) is 8.29. The number of amides is 2. The number of rotatable bonds is 27. The van der Waals surface area contributed by atoms with E-state index in [4.69, 9.17) is 61.6 Å². The summed E-state index contributed by atoms with van der Waals surface area (Å²) < 4.78 is 74.0. The highest BCUT2D eigenvalue weighted by Gasteiger charge is 2.55. The molecule has 5 rings (SSSR count). The van der Waals surface area contributed by atoms with Crippen LogP contribution in [0.1, 0.15) is 102 Å². The maximum absolute atomic E-state index is 12.9. The molecule has 0 bridgehead atoms. The fraction of sp³-hybridized carbons (Fsp3) is 0.580. The van der Waals surface area contributed by atoms with E-state index in [9.17, 15) is 52.7 Å². The van der Waals surface area contributed by atoms with Gasteiger partial charge in [0, 0.05) is 87.1 Å². The molecule has 0 unspecified atom stereocenters. The number of carbonyl (C=O) groups is 11. The van der Waals surface area contributed by atoms with Gasteiger partial charge >= 0.3 is 53.7 Å². The highest BCUT2D eigenvalue weighted by molar-refractivity contribution is 5.90. The Bertz CT molecular complexity index is 2610. The number of aromatic nitrogens is 6. The van der Waals surface area contributed by atoms with Crippen LogP contribution in [-0.2, 0) is 113 Å². The van der Waals surface area contributed by atoms with Gasteiger partial charge < -0.3 is 72.2 Å². The van der Waals surface area contributed by atoms with Crippen LogP contribution in [0.15, 0.2) is 30.6 Å². The van der Waals surface area contributed by atoms with Crippen LogP contribution in [0.2, 0.25) is 0 Å². The normalized spacial score (nSPS) is 21.9. The second-order valence-electron chi connectivity index (χ2n) is 18.1. The van der Waals surface area contributed by atoms with Crippen molar-refractivity contribution in [3.8, 4) is 11.5 Å². The summed E-state index contributed by atoms with van der Waals surface area (Å²) in [6.45, 7) is 7.90. The number of esters is 9. The lowest BCUT2D eigenvalue weighted by Crippen LogP contribution is -2.60. The lowest BCUT2D eigenvalue weighted by molar-refractivity contribution is -0.270. The smallest absolute Gasteiger partial charge is 0.338 e. The SMILES string of the molecule is COC(=O)c1cc(OCCNC(=O)CCc2cn([C@@H]3O[C@H](COC(C)=O)[C@@H](OC(C)=O)[C@H](OC(C)=O)[C@H]3OC(C)=O)nn2)cc(OCCNC(=O)CCc2cn([C@@H]3O[C@H](COC(C)=O)[C@@H](OC(C)=O)[C@H](OC(C)=O)[C@H]3OC(C)=O)nn2)c1. The summed E-state index contributed by atoms with van der Waals surface area (Å²) in [5, 5.41) is 21.8. The molecular formula is C50H64N8O24. The minimum absolute atomic E-state index is 0.0210. The van der Waals surface area contributed by atoms with Gasteiger partial charge in [-0.2, -0.15) is 0 Å². The number of hydrogen-bond acceptors (Lipinski definition) is 28. The molecule has 2 N–H and O–H groups in total. The van der Waals surface area contributed by atoms with Gasteiger partial charge in [0.25, 0.3) is 0 Å². The van der Waals surface area contributed by atoms with Gasteiger partial charge in [0.05, 0.1) is 49.5 Å². The molecule has 2 aromatic heterocycles. The third-order valence-corrected chi connectivity index (χ3v) is 11.5. The van der Waals surface area contributed by atoms with E-state index in [-0.39, 0.29) is 69.0 Å². The number of methoxy groups -OCH3 is 1. The van der Waals surface area contributed by atoms with Crippen LogP contribution in [-0.4, -0.2) is 191 Å². The number of nitrogens with zero attached hydrogens (tertiary/aromatic N) is 6. The zero-order valence-corrected chi connectivity index (χ0v) is 46.2. The van der Waals surface area contributed by atoms with Crippen molar-refractivity contribution in [2.24, 2.45) is 0 Å². The van der Waals surface area contributed by atoms with Crippen LogP contribution in [0, 0.1) is 0 Å². The Kier molecular flexibility index (Phi) is 24.0. The van der Waals surface area contributed by atoms with Gasteiger partial charge in [0.15, 0.2) is 49.1 Å². The second kappa shape index (κ2) is 30.7. The Morgan fingerprint density at radius 3 is 1.18 bits per heavy atom. The number of benzene rings is 1. The van der Waals surface area contributed by atoms with Crippen LogP contribution in [0.4, 0.5) is 0 Å². The molecule has 2 aliphatic heterocycles. The van der Waals surface area contributed by atoms with E-state index in [0.29, 0.717) is 11.4 Å². The van der Waals surface area contributed by atoms with Crippen LogP contribution < -0.4 is 20.1 Å². The topological polar surface area (TPSA) is 393 Å². The van der Waals surface area contributed by atoms with E-state index in [0.717, 1.165) is 64.8 Å². The monoisotopic (exact) mass is 1160 g/mol. The van der Waals surface area contributed by atoms with E-state index in [1.165, 1.54) is 37.7 Å². The summed E-state index contributed by atoms with van der Waals surface area (Å²) in [5.74, 6) is -7.33. The van der Waals surface area contributed by atoms with Gasteiger partial charge in [-0.3, -0.25) is 47.9 Å². The van der Waals surface area contributed by atoms with Crippen molar-refractivity contribution in [2.45, 2.75) is 142 Å². The first-order valence-electron chi connectivity index (χ1n) is 25.4. The maximum Gasteiger partial charge on any atom is 0.338 e. The molecule has 2 fully saturated rings. The third-order valence-electron chi connectivity index (χ3n) is 11.5. The summed E-state index contributed by atoms with van der Waals surface area (Å²) in [5.41, 5.74) is 0.669. The van der Waals surface area contributed by atoms with Crippen LogP contribution in [0.3, 0.4) is 0 Å². The quantitative estimate of drug-likeness (QED) is 0.0548. The molecule has 0 aliphatic carbocycles. The zero-order valence-electron chi connectivity index (χ0n) is 46.2. The minimum atomic E-state index is -1.44. The summed E-state index contributed by atoms with van der Waals surface area (Å²) >= 11 is 0. The Labute approximate surface area is 467 Å². The fourth-order valence-electron chi connectivity index (χ4n) is 8.29. The molecule has 0 saturated carbocycles. The Morgan fingerprint density at radius 1 is 0.488 bits per heavy atom. The van der Waals surface area contributed by atoms with Gasteiger partial charge in [0.1, 0.15) is 50.1 Å². The number of aryl methyl sites for hydroxylation is 2. The minimum Gasteiger partial charge on any atom is -0.492 e. The van der Waals surface area contributed by atoms with Gasteiger partial charge in [0.2, 0.25) is 11.8 Å². The molecule has 4 heterocycles. The van der Waals surface area contributed by atoms with Crippen molar-refractivity contribution in [2.75, 3.05) is 46.6 Å². The van der Waals surface area contributed by atoms with Crippen LogP contribution in [0.5, 0.6) is 11.5 Å². The Hall–Kier alpha value is -8.81. The third kappa shape index (κ3) is 19.8. The molecule has 10 atom stereocenters. The molecule has 0 spiro atoms. The van der Waals surface area contributed by atoms with Gasteiger partial charge in [-0.15, -0.1) is 10.2 Å². The van der Waals surface area contributed by atoms with E-state index in [1.807, 2.05) is 0 Å². The van der Waals surface area contributed by atoms with Crippen molar-refractivity contribution in [1.82, 2.24) is 40.6 Å². The van der Waals surface area contributed by atoms with Crippen molar-refractivity contribution >= 4 is 65.5 Å². The first-order valence-corrected chi connectivity index (χ1v) is 25.4. The van der Waals surface area contributed by atoms with Crippen molar-refractivity contribution < 1.29 is 114 Å². The molecule has 2 saturated heterocycles. The Morgan fingerprint density at radius 2 is 0.841 bits per heavy atom. The molecule has 82 heavy (non-hydrogen) atoms. The predicted molar refractivity (Wildman–Crippen MR) is 266 cm³/mol. The zero-order chi connectivity index (χ0) is 60.2. The van der Waals surface area contributed by atoms with Gasteiger partial charge in [-0.1, -0.05) is 10.4 Å². The van der Waals surface area contributed by atoms with Crippen molar-refractivity contribution in [3.63, 3.8) is 0 Å². The molecule has 0 radical (unpaired) electrons. The average molecular weight is 1160 g/mol. The van der Waals surface area contributed by atoms with E-state index in [1.54, 1.807) is 0 Å².